The molecule has 0 aliphatic carbocycles. The van der Waals surface area contributed by atoms with Crippen LogP contribution in [0.25, 0.3) is 0 Å². The third kappa shape index (κ3) is 8.51. The van der Waals surface area contributed by atoms with Gasteiger partial charge in [-0.25, -0.2) is 4.79 Å². The molecule has 0 radical (unpaired) electrons. The first-order valence-electron chi connectivity index (χ1n) is 4.86. The Morgan fingerprint density at radius 2 is 2.27 bits per heavy atom. The molecule has 0 bridgehead atoms. The van der Waals surface area contributed by atoms with Crippen LogP contribution in [-0.2, 0) is 4.74 Å². The number of unbranched alkanes of at least 4 members (excludes halogenated alkanes) is 1. The van der Waals surface area contributed by atoms with Gasteiger partial charge in [-0.15, -0.1) is 0 Å². The van der Waals surface area contributed by atoms with Crippen LogP contribution in [0.15, 0.2) is 0 Å². The van der Waals surface area contributed by atoms with Gasteiger partial charge in [0.15, 0.2) is 0 Å². The maximum absolute atomic E-state index is 10.8. The van der Waals surface area contributed by atoms with Crippen molar-refractivity contribution in [2.75, 3.05) is 26.3 Å². The zero-order valence-corrected chi connectivity index (χ0v) is 11.0. The number of hydrogen-bond donors (Lipinski definition) is 1. The molecule has 0 aromatic carbocycles. The Balaban J connectivity index is 3.64. The highest BCUT2D eigenvalue weighted by Gasteiger charge is 2.09. The van der Waals surface area contributed by atoms with Gasteiger partial charge in [-0.2, -0.15) is 0 Å². The first-order valence-corrected chi connectivity index (χ1v) is 5.94. The Morgan fingerprint density at radius 3 is 2.80 bits per heavy atom. The maximum Gasteiger partial charge on any atom is 0.407 e. The summed E-state index contributed by atoms with van der Waals surface area (Å²) in [4.78, 5) is 12.1. The average molecular weight is 325 g/mol. The summed E-state index contributed by atoms with van der Waals surface area (Å²) in [6.07, 6.45) is 0.997. The largest absolute Gasteiger partial charge is 0.465 e. The Hall–Kier alpha value is -0.480. The van der Waals surface area contributed by atoms with Crippen LogP contribution in [0.2, 0.25) is 0 Å². The van der Waals surface area contributed by atoms with Gasteiger partial charge in [-0.1, -0.05) is 19.3 Å². The van der Waals surface area contributed by atoms with E-state index in [0.29, 0.717) is 26.3 Å². The van der Waals surface area contributed by atoms with Crippen LogP contribution >= 0.6 is 22.6 Å². The molecular formula is C10H16INO3. The molecule has 0 heterocycles. The van der Waals surface area contributed by atoms with Gasteiger partial charge in [0.1, 0.15) is 6.61 Å². The van der Waals surface area contributed by atoms with Crippen molar-refractivity contribution in [2.24, 2.45) is 0 Å². The SMILES string of the molecule is CCCCN(CCOCC#CI)C(=O)O. The van der Waals surface area contributed by atoms with Crippen molar-refractivity contribution < 1.29 is 14.6 Å². The molecule has 0 aromatic heterocycles. The minimum Gasteiger partial charge on any atom is -0.465 e. The number of ether oxygens (including phenoxy) is 1. The van der Waals surface area contributed by atoms with Crippen molar-refractivity contribution in [3.8, 4) is 9.85 Å². The van der Waals surface area contributed by atoms with Crippen molar-refractivity contribution >= 4 is 28.7 Å². The topological polar surface area (TPSA) is 49.8 Å². The number of hydrogen-bond acceptors (Lipinski definition) is 2. The van der Waals surface area contributed by atoms with Gasteiger partial charge in [0, 0.05) is 35.7 Å². The highest BCUT2D eigenvalue weighted by molar-refractivity contribution is 14.1. The molecule has 0 aliphatic heterocycles. The molecule has 0 unspecified atom stereocenters. The van der Waals surface area contributed by atoms with E-state index in [0.717, 1.165) is 12.8 Å². The van der Waals surface area contributed by atoms with E-state index in [4.69, 9.17) is 9.84 Å². The molecule has 0 fully saturated rings. The minimum absolute atomic E-state index is 0.365. The molecule has 4 nitrogen and oxygen atoms in total. The van der Waals surface area contributed by atoms with Crippen molar-refractivity contribution in [2.45, 2.75) is 19.8 Å². The highest BCUT2D eigenvalue weighted by Crippen LogP contribution is 1.95. The Kier molecular flexibility index (Phi) is 9.73. The standard InChI is InChI=1S/C10H16INO3/c1-2-3-6-12(10(13)14)7-9-15-8-4-5-11/h2-3,6-9H2,1H3,(H,13,14). The van der Waals surface area contributed by atoms with Crippen molar-refractivity contribution in [3.63, 3.8) is 0 Å². The fraction of sp³-hybridized carbons (Fsp3) is 0.700. The zero-order chi connectivity index (χ0) is 11.5. The van der Waals surface area contributed by atoms with Crippen LogP contribution in [0.4, 0.5) is 4.79 Å². The first kappa shape index (κ1) is 14.5. The number of halogens is 1. The maximum atomic E-state index is 10.8. The van der Waals surface area contributed by atoms with Crippen LogP contribution in [-0.4, -0.2) is 42.4 Å². The van der Waals surface area contributed by atoms with E-state index in [2.05, 4.69) is 9.85 Å². The van der Waals surface area contributed by atoms with Gasteiger partial charge in [0.2, 0.25) is 0 Å². The van der Waals surface area contributed by atoms with Gasteiger partial charge in [-0.3, -0.25) is 0 Å². The van der Waals surface area contributed by atoms with Crippen LogP contribution in [0.5, 0.6) is 0 Å². The third-order valence-electron chi connectivity index (χ3n) is 1.80. The molecule has 0 atom stereocenters. The fourth-order valence-corrected chi connectivity index (χ4v) is 1.13. The van der Waals surface area contributed by atoms with Crippen molar-refractivity contribution in [1.82, 2.24) is 4.90 Å². The molecular weight excluding hydrogens is 309 g/mol. The molecule has 15 heavy (non-hydrogen) atoms. The number of carboxylic acid groups (broad SMARTS) is 1. The van der Waals surface area contributed by atoms with E-state index in [-0.39, 0.29) is 0 Å². The molecule has 1 amide bonds. The average Bonchev–Trinajstić information content (AvgIpc) is 2.21. The molecule has 1 N–H and O–H groups in total. The predicted octanol–water partition coefficient (Wildman–Crippen LogP) is 2.18. The molecule has 0 aliphatic rings. The zero-order valence-electron chi connectivity index (χ0n) is 8.83. The summed E-state index contributed by atoms with van der Waals surface area (Å²) in [7, 11) is 0. The summed E-state index contributed by atoms with van der Waals surface area (Å²) >= 11 is 1.94. The summed E-state index contributed by atoms with van der Waals surface area (Å²) in [6, 6.07) is 0. The summed E-state index contributed by atoms with van der Waals surface area (Å²) in [6.45, 7) is 3.80. The van der Waals surface area contributed by atoms with E-state index in [1.54, 1.807) is 0 Å². The first-order chi connectivity index (χ1) is 7.22. The molecule has 0 saturated heterocycles. The van der Waals surface area contributed by atoms with Crippen molar-refractivity contribution in [1.29, 1.82) is 0 Å². The predicted molar refractivity (Wildman–Crippen MR) is 67.1 cm³/mol. The van der Waals surface area contributed by atoms with Gasteiger partial charge in [0.05, 0.1) is 6.61 Å². The second-order valence-electron chi connectivity index (χ2n) is 2.95. The van der Waals surface area contributed by atoms with Crippen LogP contribution in [0.3, 0.4) is 0 Å². The molecule has 0 rings (SSSR count). The molecule has 0 spiro atoms. The number of nitrogens with zero attached hydrogens (tertiary/aromatic N) is 1. The molecule has 86 valence electrons. The van der Waals surface area contributed by atoms with Crippen LogP contribution < -0.4 is 0 Å². The molecule has 5 heteroatoms. The summed E-state index contributed by atoms with van der Waals surface area (Å²) in [5.41, 5.74) is 0. The lowest BCUT2D eigenvalue weighted by atomic mass is 10.3. The monoisotopic (exact) mass is 325 g/mol. The quantitative estimate of drug-likeness (QED) is 0.443. The minimum atomic E-state index is -0.882. The van der Waals surface area contributed by atoms with E-state index in [9.17, 15) is 4.79 Å². The summed E-state index contributed by atoms with van der Waals surface area (Å²) < 4.78 is 7.83. The smallest absolute Gasteiger partial charge is 0.407 e. The molecule has 0 aromatic rings. The second kappa shape index (κ2) is 10.1. The third-order valence-corrected chi connectivity index (χ3v) is 2.18. The van der Waals surface area contributed by atoms with Crippen molar-refractivity contribution in [3.05, 3.63) is 0 Å². The van der Waals surface area contributed by atoms with Gasteiger partial charge < -0.3 is 14.7 Å². The summed E-state index contributed by atoms with van der Waals surface area (Å²) in [5.74, 6) is 2.74. The number of amides is 1. The lowest BCUT2D eigenvalue weighted by Crippen LogP contribution is -2.33. The van der Waals surface area contributed by atoms with Crippen LogP contribution in [0.1, 0.15) is 19.8 Å². The second-order valence-corrected chi connectivity index (χ2v) is 3.49. The van der Waals surface area contributed by atoms with E-state index in [1.807, 2.05) is 29.5 Å². The van der Waals surface area contributed by atoms with E-state index in [1.165, 1.54) is 4.90 Å². The van der Waals surface area contributed by atoms with E-state index >= 15 is 0 Å². The molecule has 0 saturated carbocycles. The lowest BCUT2D eigenvalue weighted by molar-refractivity contribution is 0.108. The fourth-order valence-electron chi connectivity index (χ4n) is 0.977. The lowest BCUT2D eigenvalue weighted by Gasteiger charge is -2.18. The highest BCUT2D eigenvalue weighted by atomic mass is 127. The van der Waals surface area contributed by atoms with Crippen LogP contribution in [0, 0.1) is 9.85 Å². The van der Waals surface area contributed by atoms with E-state index < -0.39 is 6.09 Å². The van der Waals surface area contributed by atoms with Gasteiger partial charge >= 0.3 is 6.09 Å². The normalized spacial score (nSPS) is 9.20. The summed E-state index contributed by atoms with van der Waals surface area (Å²) in [5, 5.41) is 8.84. The Bertz CT molecular complexity index is 235. The number of carbonyl (C=O) groups is 1. The Morgan fingerprint density at radius 1 is 1.53 bits per heavy atom. The van der Waals surface area contributed by atoms with Gasteiger partial charge in [-0.05, 0) is 10.3 Å². The van der Waals surface area contributed by atoms with Gasteiger partial charge in [0.25, 0.3) is 0 Å². The number of rotatable bonds is 7. The Labute approximate surface area is 104 Å².